The van der Waals surface area contributed by atoms with Gasteiger partial charge in [0.05, 0.1) is 27.7 Å². The van der Waals surface area contributed by atoms with E-state index < -0.39 is 32.5 Å². The van der Waals surface area contributed by atoms with Gasteiger partial charge in [-0.1, -0.05) is 156 Å². The first-order valence-electron chi connectivity index (χ1n) is 27.8. The second-order valence-corrected chi connectivity index (χ2v) is 21.7. The lowest BCUT2D eigenvalue weighted by atomic mass is 10.0. The van der Waals surface area contributed by atoms with Crippen molar-refractivity contribution in [3.05, 3.63) is 0 Å². The van der Waals surface area contributed by atoms with Crippen LogP contribution in [-0.4, -0.2) is 99.1 Å². The van der Waals surface area contributed by atoms with Gasteiger partial charge in [0, 0.05) is 25.7 Å². The van der Waals surface area contributed by atoms with Crippen molar-refractivity contribution in [2.24, 2.45) is 0 Å². The molecule has 0 aliphatic heterocycles. The molecule has 402 valence electrons. The van der Waals surface area contributed by atoms with Crippen LogP contribution in [0.1, 0.15) is 259 Å². The first-order chi connectivity index (χ1) is 32.6. The van der Waals surface area contributed by atoms with Crippen molar-refractivity contribution >= 4 is 31.7 Å². The number of rotatable bonds is 50. The van der Waals surface area contributed by atoms with E-state index in [4.69, 9.17) is 28.0 Å². The zero-order valence-electron chi connectivity index (χ0n) is 44.8. The zero-order chi connectivity index (χ0) is 50.6. The van der Waals surface area contributed by atoms with Crippen LogP contribution < -0.4 is 0 Å². The van der Waals surface area contributed by atoms with E-state index in [1.165, 1.54) is 96.3 Å². The Kier molecular flexibility index (Phi) is 43.5. The summed E-state index contributed by atoms with van der Waals surface area (Å²) in [5.41, 5.74) is 0. The molecular formula is C54H105NO12P+. The van der Waals surface area contributed by atoms with Gasteiger partial charge in [-0.3, -0.25) is 28.2 Å². The lowest BCUT2D eigenvalue weighted by Gasteiger charge is -2.24. The number of hydrogen-bond donors (Lipinski definition) is 1. The van der Waals surface area contributed by atoms with Crippen LogP contribution in [0.5, 0.6) is 0 Å². The van der Waals surface area contributed by atoms with Gasteiger partial charge in [0.2, 0.25) is 0 Å². The normalized spacial score (nSPS) is 13.9. The number of hydrogen-bond acceptors (Lipinski definition) is 11. The summed E-state index contributed by atoms with van der Waals surface area (Å²) < 4.78 is 46.3. The Morgan fingerprint density at radius 1 is 0.412 bits per heavy atom. The molecule has 0 aromatic carbocycles. The van der Waals surface area contributed by atoms with Crippen LogP contribution in [0.4, 0.5) is 0 Å². The molecule has 0 aliphatic rings. The fraction of sp³-hybridized carbons (Fsp3) is 0.926. The number of ether oxygens (including phenoxy) is 4. The number of phosphoric acid groups is 1. The molecule has 0 fully saturated rings. The Bertz CT molecular complexity index is 1280. The van der Waals surface area contributed by atoms with Crippen molar-refractivity contribution in [3.63, 3.8) is 0 Å². The molecule has 4 unspecified atom stereocenters. The molecule has 0 heterocycles. The average molecular weight is 991 g/mol. The number of carbonyl (C=O) groups excluding carboxylic acids is 4. The van der Waals surface area contributed by atoms with Gasteiger partial charge in [0.1, 0.15) is 32.0 Å². The summed E-state index contributed by atoms with van der Waals surface area (Å²) in [6, 6.07) is 0. The van der Waals surface area contributed by atoms with Crippen molar-refractivity contribution in [1.82, 2.24) is 0 Å². The Labute approximate surface area is 416 Å². The maximum atomic E-state index is 12.9. The molecule has 4 atom stereocenters. The van der Waals surface area contributed by atoms with Crippen LogP contribution in [0.2, 0.25) is 0 Å². The summed E-state index contributed by atoms with van der Waals surface area (Å²) >= 11 is 0. The Morgan fingerprint density at radius 2 is 0.721 bits per heavy atom. The molecule has 14 heteroatoms. The van der Waals surface area contributed by atoms with Gasteiger partial charge in [-0.15, -0.1) is 0 Å². The van der Waals surface area contributed by atoms with Gasteiger partial charge < -0.3 is 28.3 Å². The monoisotopic (exact) mass is 991 g/mol. The maximum absolute atomic E-state index is 12.9. The van der Waals surface area contributed by atoms with Crippen LogP contribution in [0, 0.1) is 0 Å². The molecule has 1 N–H and O–H groups in total. The van der Waals surface area contributed by atoms with Gasteiger partial charge in [0.25, 0.3) is 0 Å². The van der Waals surface area contributed by atoms with Crippen molar-refractivity contribution in [2.75, 3.05) is 47.5 Å². The minimum absolute atomic E-state index is 0.00500. The number of nitrogens with zero attached hydrogens (tertiary/aromatic N) is 1. The Hall–Kier alpha value is -2.05. The zero-order valence-corrected chi connectivity index (χ0v) is 45.7. The highest BCUT2D eigenvalue weighted by atomic mass is 31.2. The van der Waals surface area contributed by atoms with E-state index in [-0.39, 0.29) is 50.2 Å². The first kappa shape index (κ1) is 66.0. The molecule has 0 rings (SSSR count). The number of phosphoric ester groups is 1. The maximum Gasteiger partial charge on any atom is 0.472 e. The van der Waals surface area contributed by atoms with Crippen molar-refractivity contribution in [2.45, 2.75) is 277 Å². The summed E-state index contributed by atoms with van der Waals surface area (Å²) in [7, 11) is 1.31. The van der Waals surface area contributed by atoms with Gasteiger partial charge in [0.15, 0.2) is 6.10 Å². The van der Waals surface area contributed by atoms with Gasteiger partial charge in [-0.05, 0) is 77.0 Å². The molecule has 0 aliphatic carbocycles. The third kappa shape index (κ3) is 45.1. The molecule has 13 nitrogen and oxygen atoms in total. The van der Waals surface area contributed by atoms with Crippen molar-refractivity contribution in [3.8, 4) is 0 Å². The van der Waals surface area contributed by atoms with Gasteiger partial charge >= 0.3 is 31.7 Å². The summed E-state index contributed by atoms with van der Waals surface area (Å²) in [5.74, 6) is -1.32. The van der Waals surface area contributed by atoms with Crippen LogP contribution >= 0.6 is 7.82 Å². The Balaban J connectivity index is 4.87. The molecule has 0 spiro atoms. The third-order valence-electron chi connectivity index (χ3n) is 12.3. The molecule has 0 radical (unpaired) electrons. The smallest absolute Gasteiger partial charge is 0.462 e. The number of carbonyl (C=O) groups is 4. The van der Waals surface area contributed by atoms with Gasteiger partial charge in [-0.25, -0.2) is 4.57 Å². The molecule has 0 aromatic rings. The quantitative estimate of drug-likeness (QED) is 0.0202. The number of esters is 4. The SMILES string of the molecule is CCCCCCCCC(CCCCCC)OC(=O)CCCCCCC(=O)OCC(COP(=O)(O)OCC[N+](C)(C)C)OC(=O)CCCCCCC(=O)OC(CCCCCC)CCCCCCCC. The molecular weight excluding hydrogens is 886 g/mol. The number of likely N-dealkylation sites (N-methyl/N-ethyl adjacent to an activating group) is 1. The lowest BCUT2D eigenvalue weighted by molar-refractivity contribution is -0.870. The van der Waals surface area contributed by atoms with Crippen LogP contribution in [-0.2, 0) is 51.7 Å². The minimum atomic E-state index is -4.47. The standard InChI is InChI=1S/C54H104NO12P/c1-8-12-16-20-22-30-38-48(36-28-18-14-10-3)65-52(57)41-33-25-24-32-40-51(56)62-46-50(47-64-68(60,61)63-45-44-55(5,6)7)67-54(59)43-35-27-26-34-42-53(58)66-49(37-29-19-15-11-4)39-31-23-21-17-13-9-2/h48-50H,8-47H2,1-7H3/p+1. The van der Waals surface area contributed by atoms with Crippen LogP contribution in [0.15, 0.2) is 0 Å². The second-order valence-electron chi connectivity index (χ2n) is 20.3. The van der Waals surface area contributed by atoms with E-state index in [0.717, 1.165) is 77.0 Å². The fourth-order valence-corrected chi connectivity index (χ4v) is 8.71. The van der Waals surface area contributed by atoms with E-state index in [9.17, 15) is 28.6 Å². The molecule has 0 saturated carbocycles. The lowest BCUT2D eigenvalue weighted by Crippen LogP contribution is -2.37. The molecule has 0 bridgehead atoms. The number of unbranched alkanes of at least 4 members (excludes halogenated alkanes) is 22. The largest absolute Gasteiger partial charge is 0.472 e. The molecule has 0 amide bonds. The first-order valence-corrected chi connectivity index (χ1v) is 29.3. The summed E-state index contributed by atoms with van der Waals surface area (Å²) in [6.45, 7) is 8.45. The highest BCUT2D eigenvalue weighted by Crippen LogP contribution is 2.43. The molecule has 0 saturated heterocycles. The molecule has 68 heavy (non-hydrogen) atoms. The van der Waals surface area contributed by atoms with Gasteiger partial charge in [-0.2, -0.15) is 0 Å². The predicted octanol–water partition coefficient (Wildman–Crippen LogP) is 14.2. The van der Waals surface area contributed by atoms with Crippen LogP contribution in [0.3, 0.4) is 0 Å². The minimum Gasteiger partial charge on any atom is -0.462 e. The van der Waals surface area contributed by atoms with Crippen LogP contribution in [0.25, 0.3) is 0 Å². The van der Waals surface area contributed by atoms with E-state index in [1.54, 1.807) is 0 Å². The average Bonchev–Trinajstić information content (AvgIpc) is 3.28. The second kappa shape index (κ2) is 44.9. The predicted molar refractivity (Wildman–Crippen MR) is 274 cm³/mol. The summed E-state index contributed by atoms with van der Waals surface area (Å²) in [5, 5.41) is 0. The van der Waals surface area contributed by atoms with Crippen molar-refractivity contribution < 1.29 is 61.1 Å². The van der Waals surface area contributed by atoms with E-state index >= 15 is 0 Å². The van der Waals surface area contributed by atoms with Crippen molar-refractivity contribution in [1.29, 1.82) is 0 Å². The highest BCUT2D eigenvalue weighted by molar-refractivity contribution is 7.47. The summed E-state index contributed by atoms with van der Waals surface area (Å²) in [6.07, 6.45) is 32.8. The van der Waals surface area contributed by atoms with E-state index in [1.807, 2.05) is 21.1 Å². The Morgan fingerprint density at radius 3 is 1.09 bits per heavy atom. The van der Waals surface area contributed by atoms with E-state index in [2.05, 4.69) is 27.7 Å². The highest BCUT2D eigenvalue weighted by Gasteiger charge is 2.27. The molecule has 0 aromatic heterocycles. The van der Waals surface area contributed by atoms with E-state index in [0.29, 0.717) is 56.0 Å². The summed E-state index contributed by atoms with van der Waals surface area (Å²) in [4.78, 5) is 61.4. The number of quaternary nitrogens is 1. The third-order valence-corrected chi connectivity index (χ3v) is 13.3. The topological polar surface area (TPSA) is 161 Å². The fourth-order valence-electron chi connectivity index (χ4n) is 7.96.